The summed E-state index contributed by atoms with van der Waals surface area (Å²) in [4.78, 5) is 6.56. The zero-order valence-electron chi connectivity index (χ0n) is 9.70. The number of aromatic nitrogens is 1. The van der Waals surface area contributed by atoms with Crippen LogP contribution in [0.15, 0.2) is 28.9 Å². The molecule has 3 nitrogen and oxygen atoms in total. The molecule has 5 heteroatoms. The fourth-order valence-corrected chi connectivity index (χ4v) is 2.64. The van der Waals surface area contributed by atoms with E-state index in [4.69, 9.17) is 4.74 Å². The normalized spacial score (nSPS) is 16.2. The molecule has 0 amide bonds. The molecule has 94 valence electrons. The molecule has 0 bridgehead atoms. The lowest BCUT2D eigenvalue weighted by atomic mass is 10.1. The van der Waals surface area contributed by atoms with Crippen LogP contribution in [-0.2, 0) is 4.74 Å². The predicted octanol–water partition coefficient (Wildman–Crippen LogP) is 2.97. The highest BCUT2D eigenvalue weighted by molar-refractivity contribution is 9.10. The highest BCUT2D eigenvalue weighted by Crippen LogP contribution is 2.31. The van der Waals surface area contributed by atoms with Crippen LogP contribution in [0.2, 0.25) is 0 Å². The molecular formula is C13H12BrFN2O. The van der Waals surface area contributed by atoms with E-state index in [0.29, 0.717) is 13.2 Å². The Morgan fingerprint density at radius 2 is 2.00 bits per heavy atom. The molecule has 0 unspecified atom stereocenters. The zero-order chi connectivity index (χ0) is 12.5. The summed E-state index contributed by atoms with van der Waals surface area (Å²) in [7, 11) is 0. The van der Waals surface area contributed by atoms with Crippen molar-refractivity contribution in [1.29, 1.82) is 0 Å². The number of ether oxygens (including phenoxy) is 1. The molecule has 0 saturated carbocycles. The maximum Gasteiger partial charge on any atom is 0.136 e. The number of hydrogen-bond donors (Lipinski definition) is 0. The number of benzene rings is 1. The first-order valence-electron chi connectivity index (χ1n) is 5.82. The number of pyridine rings is 1. The van der Waals surface area contributed by atoms with Gasteiger partial charge in [-0.3, -0.25) is 0 Å². The molecule has 18 heavy (non-hydrogen) atoms. The lowest BCUT2D eigenvalue weighted by Crippen LogP contribution is -2.36. The summed E-state index contributed by atoms with van der Waals surface area (Å²) in [5.74, 6) is 0.591. The molecule has 1 fully saturated rings. The molecule has 1 aliphatic rings. The van der Waals surface area contributed by atoms with Gasteiger partial charge >= 0.3 is 0 Å². The average Bonchev–Trinajstić information content (AvgIpc) is 2.40. The molecule has 2 heterocycles. The topological polar surface area (TPSA) is 25.4 Å². The van der Waals surface area contributed by atoms with Crippen LogP contribution in [0.25, 0.3) is 10.8 Å². The van der Waals surface area contributed by atoms with Gasteiger partial charge in [0, 0.05) is 34.5 Å². The van der Waals surface area contributed by atoms with E-state index in [-0.39, 0.29) is 5.82 Å². The van der Waals surface area contributed by atoms with E-state index in [1.54, 1.807) is 12.3 Å². The van der Waals surface area contributed by atoms with E-state index in [0.717, 1.165) is 34.2 Å². The highest BCUT2D eigenvalue weighted by Gasteiger charge is 2.16. The van der Waals surface area contributed by atoms with Gasteiger partial charge in [0.25, 0.3) is 0 Å². The van der Waals surface area contributed by atoms with E-state index in [9.17, 15) is 4.39 Å². The van der Waals surface area contributed by atoms with Gasteiger partial charge in [0.1, 0.15) is 11.6 Å². The fraction of sp³-hybridized carbons (Fsp3) is 0.308. The maximum absolute atomic E-state index is 13.4. The van der Waals surface area contributed by atoms with Crippen molar-refractivity contribution in [2.24, 2.45) is 0 Å². The Bertz CT molecular complexity index is 584. The van der Waals surface area contributed by atoms with Crippen LogP contribution in [0.5, 0.6) is 0 Å². The van der Waals surface area contributed by atoms with Crippen molar-refractivity contribution in [2.75, 3.05) is 31.2 Å². The van der Waals surface area contributed by atoms with Gasteiger partial charge in [-0.1, -0.05) is 6.07 Å². The second-order valence-corrected chi connectivity index (χ2v) is 5.07. The first-order valence-corrected chi connectivity index (χ1v) is 6.61. The van der Waals surface area contributed by atoms with E-state index in [1.165, 1.54) is 12.1 Å². The van der Waals surface area contributed by atoms with E-state index in [1.807, 2.05) is 0 Å². The molecule has 1 aliphatic heterocycles. The van der Waals surface area contributed by atoms with Crippen molar-refractivity contribution in [3.63, 3.8) is 0 Å². The number of rotatable bonds is 1. The minimum absolute atomic E-state index is 0.239. The van der Waals surface area contributed by atoms with Gasteiger partial charge in [-0.25, -0.2) is 9.37 Å². The number of anilines is 1. The summed E-state index contributed by atoms with van der Waals surface area (Å²) in [6.07, 6.45) is 1.77. The van der Waals surface area contributed by atoms with Gasteiger partial charge in [-0.05, 0) is 28.1 Å². The minimum atomic E-state index is -0.239. The molecule has 3 rings (SSSR count). The van der Waals surface area contributed by atoms with E-state index in [2.05, 4.69) is 25.8 Å². The quantitative estimate of drug-likeness (QED) is 0.809. The first-order chi connectivity index (χ1) is 8.75. The molecule has 2 aromatic rings. The molecular weight excluding hydrogens is 299 g/mol. The van der Waals surface area contributed by atoms with E-state index >= 15 is 0 Å². The summed E-state index contributed by atoms with van der Waals surface area (Å²) in [6.45, 7) is 2.96. The Morgan fingerprint density at radius 3 is 2.78 bits per heavy atom. The third-order valence-electron chi connectivity index (χ3n) is 3.09. The van der Waals surface area contributed by atoms with Crippen molar-refractivity contribution in [3.05, 3.63) is 34.7 Å². The summed E-state index contributed by atoms with van der Waals surface area (Å²) in [5, 5.41) is 1.82. The van der Waals surface area contributed by atoms with Gasteiger partial charge in [0.2, 0.25) is 0 Å². The zero-order valence-corrected chi connectivity index (χ0v) is 11.3. The Balaban J connectivity index is 2.16. The second kappa shape index (κ2) is 4.82. The summed E-state index contributed by atoms with van der Waals surface area (Å²) < 4.78 is 19.6. The van der Waals surface area contributed by atoms with Crippen LogP contribution >= 0.6 is 15.9 Å². The number of fused-ring (bicyclic) bond motifs is 1. The largest absolute Gasteiger partial charge is 0.378 e. The minimum Gasteiger partial charge on any atom is -0.378 e. The van der Waals surface area contributed by atoms with Gasteiger partial charge in [-0.2, -0.15) is 0 Å². The SMILES string of the molecule is Fc1ccc2c(Br)cnc(N3CCOCC3)c2c1. The maximum atomic E-state index is 13.4. The molecule has 1 saturated heterocycles. The van der Waals surface area contributed by atoms with Crippen molar-refractivity contribution < 1.29 is 9.13 Å². The number of hydrogen-bond acceptors (Lipinski definition) is 3. The van der Waals surface area contributed by atoms with Crippen LogP contribution in [0, 0.1) is 5.82 Å². The summed E-state index contributed by atoms with van der Waals surface area (Å²) in [5.41, 5.74) is 0. The summed E-state index contributed by atoms with van der Waals surface area (Å²) in [6, 6.07) is 4.79. The number of halogens is 2. The van der Waals surface area contributed by atoms with Crippen LogP contribution in [0.4, 0.5) is 10.2 Å². The van der Waals surface area contributed by atoms with Crippen LogP contribution in [0.3, 0.4) is 0 Å². The first kappa shape index (κ1) is 11.9. The predicted molar refractivity (Wildman–Crippen MR) is 72.4 cm³/mol. The summed E-state index contributed by atoms with van der Waals surface area (Å²) >= 11 is 3.45. The molecule has 0 radical (unpaired) electrons. The third kappa shape index (κ3) is 2.08. The van der Waals surface area contributed by atoms with Crippen molar-refractivity contribution in [2.45, 2.75) is 0 Å². The molecule has 0 aliphatic carbocycles. The van der Waals surface area contributed by atoms with Crippen LogP contribution in [0.1, 0.15) is 0 Å². The van der Waals surface area contributed by atoms with Gasteiger partial charge in [-0.15, -0.1) is 0 Å². The molecule has 1 aromatic heterocycles. The lowest BCUT2D eigenvalue weighted by Gasteiger charge is -2.28. The smallest absolute Gasteiger partial charge is 0.136 e. The van der Waals surface area contributed by atoms with Gasteiger partial charge < -0.3 is 9.64 Å². The number of morpholine rings is 1. The van der Waals surface area contributed by atoms with E-state index < -0.39 is 0 Å². The highest BCUT2D eigenvalue weighted by atomic mass is 79.9. The fourth-order valence-electron chi connectivity index (χ4n) is 2.19. The number of nitrogens with zero attached hydrogens (tertiary/aromatic N) is 2. The Morgan fingerprint density at radius 1 is 1.22 bits per heavy atom. The Labute approximate surface area is 113 Å². The standard InChI is InChI=1S/C13H12BrFN2O/c14-12-8-16-13(17-3-5-18-6-4-17)11-7-9(15)1-2-10(11)12/h1-2,7-8H,3-6H2. The van der Waals surface area contributed by atoms with Gasteiger partial charge in [0.15, 0.2) is 0 Å². The third-order valence-corrected chi connectivity index (χ3v) is 3.72. The Hall–Kier alpha value is -1.20. The molecule has 1 aromatic carbocycles. The van der Waals surface area contributed by atoms with Crippen molar-refractivity contribution >= 4 is 32.5 Å². The van der Waals surface area contributed by atoms with Crippen LogP contribution < -0.4 is 4.90 Å². The lowest BCUT2D eigenvalue weighted by molar-refractivity contribution is 0.122. The van der Waals surface area contributed by atoms with Crippen LogP contribution in [-0.4, -0.2) is 31.3 Å². The second-order valence-electron chi connectivity index (χ2n) is 4.22. The molecule has 0 atom stereocenters. The van der Waals surface area contributed by atoms with Gasteiger partial charge in [0.05, 0.1) is 13.2 Å². The van der Waals surface area contributed by atoms with Crippen molar-refractivity contribution in [1.82, 2.24) is 4.98 Å². The molecule has 0 N–H and O–H groups in total. The monoisotopic (exact) mass is 310 g/mol. The Kier molecular flexibility index (Phi) is 3.18. The molecule has 0 spiro atoms. The average molecular weight is 311 g/mol. The van der Waals surface area contributed by atoms with Crippen molar-refractivity contribution in [3.8, 4) is 0 Å².